The van der Waals surface area contributed by atoms with E-state index in [0.29, 0.717) is 12.4 Å². The highest BCUT2D eigenvalue weighted by atomic mass is 16.5. The molecule has 1 aliphatic heterocycles. The summed E-state index contributed by atoms with van der Waals surface area (Å²) in [5.74, 6) is 2.35. The Morgan fingerprint density at radius 1 is 1.12 bits per heavy atom. The smallest absolute Gasteiger partial charge is 0.181 e. The molecule has 4 aromatic rings. The van der Waals surface area contributed by atoms with E-state index in [0.717, 1.165) is 65.2 Å². The second kappa shape index (κ2) is 8.72. The van der Waals surface area contributed by atoms with E-state index in [1.807, 2.05) is 43.0 Å². The fourth-order valence-electron chi connectivity index (χ4n) is 4.17. The molecule has 1 fully saturated rings. The summed E-state index contributed by atoms with van der Waals surface area (Å²) in [5, 5.41) is 13.5. The first kappa shape index (κ1) is 20.7. The third-order valence-corrected chi connectivity index (χ3v) is 5.75. The Hall–Kier alpha value is -3.23. The van der Waals surface area contributed by atoms with Crippen LogP contribution in [0.25, 0.3) is 33.5 Å². The van der Waals surface area contributed by atoms with Gasteiger partial charge in [-0.3, -0.25) is 5.10 Å². The van der Waals surface area contributed by atoms with Gasteiger partial charge in [0.05, 0.1) is 19.2 Å². The van der Waals surface area contributed by atoms with Gasteiger partial charge in [-0.25, -0.2) is 9.67 Å². The van der Waals surface area contributed by atoms with Gasteiger partial charge in [0.25, 0.3) is 0 Å². The summed E-state index contributed by atoms with van der Waals surface area (Å²) in [7, 11) is 5.70. The average Bonchev–Trinajstić information content (AvgIpc) is 3.44. The molecule has 0 bridgehead atoms. The van der Waals surface area contributed by atoms with Crippen molar-refractivity contribution in [3.8, 4) is 28.4 Å². The van der Waals surface area contributed by atoms with Crippen molar-refractivity contribution >= 4 is 10.9 Å². The van der Waals surface area contributed by atoms with Crippen LogP contribution in [-0.4, -0.2) is 57.7 Å². The third kappa shape index (κ3) is 3.99. The summed E-state index contributed by atoms with van der Waals surface area (Å²) in [6.07, 6.45) is 3.17. The molecular weight excluding hydrogens is 404 g/mol. The molecule has 1 aliphatic rings. The molecule has 1 N–H and O–H groups in total. The Morgan fingerprint density at radius 2 is 1.94 bits per heavy atom. The van der Waals surface area contributed by atoms with Gasteiger partial charge < -0.3 is 14.4 Å². The van der Waals surface area contributed by atoms with Gasteiger partial charge in [-0.1, -0.05) is 0 Å². The van der Waals surface area contributed by atoms with Gasteiger partial charge in [-0.15, -0.1) is 0 Å². The summed E-state index contributed by atoms with van der Waals surface area (Å²) in [5.41, 5.74) is 3.96. The van der Waals surface area contributed by atoms with Crippen molar-refractivity contribution in [1.82, 2.24) is 29.9 Å². The maximum atomic E-state index is 6.06. The van der Waals surface area contributed by atoms with Gasteiger partial charge in [-0.2, -0.15) is 10.2 Å². The topological polar surface area (TPSA) is 81.1 Å². The van der Waals surface area contributed by atoms with Crippen molar-refractivity contribution in [1.29, 1.82) is 0 Å². The minimum atomic E-state index is -0.0423. The van der Waals surface area contributed by atoms with Crippen LogP contribution in [0.1, 0.15) is 31.3 Å². The van der Waals surface area contributed by atoms with Crippen molar-refractivity contribution in [2.45, 2.75) is 32.0 Å². The first-order valence-electron chi connectivity index (χ1n) is 11.0. The molecule has 3 heterocycles. The van der Waals surface area contributed by atoms with Crippen LogP contribution in [0.3, 0.4) is 0 Å². The van der Waals surface area contributed by atoms with Crippen molar-refractivity contribution in [2.24, 2.45) is 0 Å². The molecular formula is C24H28N6O2. The normalized spacial score (nSPS) is 16.7. The van der Waals surface area contributed by atoms with Crippen molar-refractivity contribution in [3.63, 3.8) is 0 Å². The lowest BCUT2D eigenvalue weighted by molar-refractivity contribution is -0.0365. The molecule has 0 radical (unpaired) electrons. The minimum absolute atomic E-state index is 0.0423. The van der Waals surface area contributed by atoms with E-state index in [1.54, 1.807) is 7.11 Å². The van der Waals surface area contributed by atoms with E-state index in [9.17, 15) is 0 Å². The maximum Gasteiger partial charge on any atom is 0.181 e. The van der Waals surface area contributed by atoms with Gasteiger partial charge >= 0.3 is 0 Å². The zero-order valence-corrected chi connectivity index (χ0v) is 18.7. The largest absolute Gasteiger partial charge is 0.497 e. The molecule has 0 aliphatic carbocycles. The lowest BCUT2D eigenvalue weighted by Gasteiger charge is -2.23. The van der Waals surface area contributed by atoms with Crippen molar-refractivity contribution < 1.29 is 9.47 Å². The highest BCUT2D eigenvalue weighted by Gasteiger charge is 2.22. The molecule has 8 nitrogen and oxygen atoms in total. The van der Waals surface area contributed by atoms with Crippen LogP contribution in [-0.2, 0) is 11.3 Å². The van der Waals surface area contributed by atoms with Gasteiger partial charge in [0.15, 0.2) is 12.1 Å². The van der Waals surface area contributed by atoms with Crippen LogP contribution in [0.2, 0.25) is 0 Å². The second-order valence-electron chi connectivity index (χ2n) is 8.42. The number of nitrogens with zero attached hydrogens (tertiary/aromatic N) is 5. The lowest BCUT2D eigenvalue weighted by Crippen LogP contribution is -2.19. The number of rotatable bonds is 6. The number of methoxy groups -OCH3 is 1. The van der Waals surface area contributed by atoms with E-state index in [2.05, 4.69) is 38.3 Å². The standard InChI is InChI=1S/C24H28N6O2/c1-29(2)15-21-25-24(27-26-21)17-9-12-20-19(14-17)23(16-7-10-18(31-3)11-8-16)28-30(20)22-6-4-5-13-32-22/h7-12,14,22H,4-6,13,15H2,1-3H3,(H,25,26,27). The number of benzene rings is 2. The molecule has 1 unspecified atom stereocenters. The molecule has 1 atom stereocenters. The number of ether oxygens (including phenoxy) is 2. The first-order chi connectivity index (χ1) is 15.6. The van der Waals surface area contributed by atoms with Gasteiger partial charge in [0.2, 0.25) is 0 Å². The van der Waals surface area contributed by atoms with Crippen LogP contribution in [0.4, 0.5) is 0 Å². The molecule has 8 heteroatoms. The van der Waals surface area contributed by atoms with Crippen molar-refractivity contribution in [3.05, 3.63) is 48.3 Å². The molecule has 2 aromatic carbocycles. The van der Waals surface area contributed by atoms with Crippen molar-refractivity contribution in [2.75, 3.05) is 27.8 Å². The Morgan fingerprint density at radius 3 is 2.66 bits per heavy atom. The van der Waals surface area contributed by atoms with E-state index >= 15 is 0 Å². The summed E-state index contributed by atoms with van der Waals surface area (Å²) in [6.45, 7) is 1.48. The highest BCUT2D eigenvalue weighted by Crippen LogP contribution is 2.35. The van der Waals surface area contributed by atoms with E-state index in [4.69, 9.17) is 14.6 Å². The summed E-state index contributed by atoms with van der Waals surface area (Å²) >= 11 is 0. The second-order valence-corrected chi connectivity index (χ2v) is 8.42. The Balaban J connectivity index is 1.61. The molecule has 0 saturated carbocycles. The van der Waals surface area contributed by atoms with Gasteiger partial charge in [0, 0.05) is 23.1 Å². The molecule has 2 aromatic heterocycles. The van der Waals surface area contributed by atoms with Crippen LogP contribution in [0, 0.1) is 0 Å². The Bertz CT molecular complexity index is 1210. The number of fused-ring (bicyclic) bond motifs is 1. The SMILES string of the molecule is COc1ccc(-c2nn(C3CCCCO3)c3ccc(-c4n[nH]c(CN(C)C)n4)cc23)cc1. The fraction of sp³-hybridized carbons (Fsp3) is 0.375. The maximum absolute atomic E-state index is 6.06. The van der Waals surface area contributed by atoms with Crippen LogP contribution < -0.4 is 4.74 Å². The number of H-pyrrole nitrogens is 1. The summed E-state index contributed by atoms with van der Waals surface area (Å²) < 4.78 is 13.4. The molecule has 32 heavy (non-hydrogen) atoms. The zero-order chi connectivity index (χ0) is 22.1. The van der Waals surface area contributed by atoms with Crippen LogP contribution in [0.15, 0.2) is 42.5 Å². The quantitative estimate of drug-likeness (QED) is 0.490. The monoisotopic (exact) mass is 432 g/mol. The Kier molecular flexibility index (Phi) is 5.63. The number of aromatic nitrogens is 5. The van der Waals surface area contributed by atoms with Crippen LogP contribution >= 0.6 is 0 Å². The van der Waals surface area contributed by atoms with Crippen LogP contribution in [0.5, 0.6) is 5.75 Å². The number of hydrogen-bond acceptors (Lipinski definition) is 6. The molecule has 0 spiro atoms. The predicted molar refractivity (Wildman–Crippen MR) is 123 cm³/mol. The number of nitrogens with one attached hydrogen (secondary N) is 1. The zero-order valence-electron chi connectivity index (χ0n) is 18.7. The summed E-state index contributed by atoms with van der Waals surface area (Å²) in [6, 6.07) is 14.3. The first-order valence-corrected chi connectivity index (χ1v) is 11.0. The van der Waals surface area contributed by atoms with E-state index in [1.165, 1.54) is 0 Å². The minimum Gasteiger partial charge on any atom is -0.497 e. The number of hydrogen-bond donors (Lipinski definition) is 1. The third-order valence-electron chi connectivity index (χ3n) is 5.75. The molecule has 1 saturated heterocycles. The van der Waals surface area contributed by atoms with E-state index < -0.39 is 0 Å². The molecule has 166 valence electrons. The van der Waals surface area contributed by atoms with Gasteiger partial charge in [0.1, 0.15) is 17.3 Å². The summed E-state index contributed by atoms with van der Waals surface area (Å²) in [4.78, 5) is 6.73. The Labute approximate surface area is 187 Å². The average molecular weight is 433 g/mol. The molecule has 0 amide bonds. The fourth-order valence-corrected chi connectivity index (χ4v) is 4.17. The number of aromatic amines is 1. The van der Waals surface area contributed by atoms with Gasteiger partial charge in [-0.05, 0) is 75.8 Å². The van der Waals surface area contributed by atoms with E-state index in [-0.39, 0.29) is 6.23 Å². The lowest BCUT2D eigenvalue weighted by atomic mass is 10.0. The molecule has 5 rings (SSSR count). The predicted octanol–water partition coefficient (Wildman–Crippen LogP) is 4.26. The highest BCUT2D eigenvalue weighted by molar-refractivity contribution is 5.95.